The normalized spacial score (nSPS) is 11.2. The number of benzene rings is 1. The summed E-state index contributed by atoms with van der Waals surface area (Å²) in [4.78, 5) is 13.4. The second kappa shape index (κ2) is 4.61. The molecule has 0 fully saturated rings. The lowest BCUT2D eigenvalue weighted by molar-refractivity contribution is -0.114. The highest BCUT2D eigenvalue weighted by atomic mass is 16.2. The van der Waals surface area contributed by atoms with E-state index in [1.54, 1.807) is 11.9 Å². The summed E-state index contributed by atoms with van der Waals surface area (Å²) in [5.41, 5.74) is 1.68. The highest BCUT2D eigenvalue weighted by molar-refractivity contribution is 6.04. The van der Waals surface area contributed by atoms with Crippen molar-refractivity contribution in [1.82, 2.24) is 0 Å². The molecule has 1 rings (SSSR count). The summed E-state index contributed by atoms with van der Waals surface area (Å²) in [5, 5.41) is 0. The van der Waals surface area contributed by atoms with Gasteiger partial charge in [-0.25, -0.2) is 0 Å². The highest BCUT2D eigenvalue weighted by Crippen LogP contribution is 2.13. The monoisotopic (exact) mass is 189 g/mol. The van der Waals surface area contributed by atoms with Crippen molar-refractivity contribution >= 4 is 11.6 Å². The average molecular weight is 189 g/mol. The van der Waals surface area contributed by atoms with Crippen LogP contribution in [0.4, 0.5) is 5.69 Å². The average Bonchev–Trinajstić information content (AvgIpc) is 2.27. The maximum atomic E-state index is 11.7. The Bertz CT molecular complexity index is 341. The summed E-state index contributed by atoms with van der Waals surface area (Å²) >= 11 is 0. The van der Waals surface area contributed by atoms with E-state index in [0.29, 0.717) is 0 Å². The van der Waals surface area contributed by atoms with Gasteiger partial charge in [-0.2, -0.15) is 0 Å². The van der Waals surface area contributed by atoms with Crippen molar-refractivity contribution in [3.8, 4) is 0 Å². The van der Waals surface area contributed by atoms with Gasteiger partial charge in [0, 0.05) is 18.3 Å². The van der Waals surface area contributed by atoms with Crippen molar-refractivity contribution in [2.24, 2.45) is 0 Å². The molecule has 2 heteroatoms. The number of rotatable bonds is 2. The van der Waals surface area contributed by atoms with Crippen molar-refractivity contribution in [3.63, 3.8) is 0 Å². The quantitative estimate of drug-likeness (QED) is 0.655. The zero-order chi connectivity index (χ0) is 10.6. The number of allylic oxidation sites excluding steroid dienone is 1. The van der Waals surface area contributed by atoms with Crippen molar-refractivity contribution in [1.29, 1.82) is 0 Å². The van der Waals surface area contributed by atoms with E-state index < -0.39 is 0 Å². The van der Waals surface area contributed by atoms with Crippen LogP contribution in [0.25, 0.3) is 0 Å². The fraction of sp³-hybridized carbons (Fsp3) is 0.250. The zero-order valence-corrected chi connectivity index (χ0v) is 8.82. The molecule has 74 valence electrons. The second-order valence-corrected chi connectivity index (χ2v) is 3.17. The third-order valence-corrected chi connectivity index (χ3v) is 2.22. The van der Waals surface area contributed by atoms with Gasteiger partial charge in [-0.05, 0) is 26.0 Å². The van der Waals surface area contributed by atoms with E-state index in [1.165, 1.54) is 0 Å². The molecule has 0 N–H and O–H groups in total. The van der Waals surface area contributed by atoms with Crippen LogP contribution in [0.5, 0.6) is 0 Å². The Morgan fingerprint density at radius 2 is 1.86 bits per heavy atom. The van der Waals surface area contributed by atoms with Crippen molar-refractivity contribution in [3.05, 3.63) is 42.0 Å². The molecule has 2 nitrogen and oxygen atoms in total. The number of carbonyl (C=O) groups excluding carboxylic acids is 1. The summed E-state index contributed by atoms with van der Waals surface area (Å²) in [7, 11) is 1.78. The molecule has 1 amide bonds. The predicted octanol–water partition coefficient (Wildman–Crippen LogP) is 2.62. The molecule has 14 heavy (non-hydrogen) atoms. The van der Waals surface area contributed by atoms with Gasteiger partial charge in [0.05, 0.1) is 0 Å². The lowest BCUT2D eigenvalue weighted by Crippen LogP contribution is -2.26. The van der Waals surface area contributed by atoms with Crippen LogP contribution in [0.1, 0.15) is 13.8 Å². The first-order valence-electron chi connectivity index (χ1n) is 4.63. The zero-order valence-electron chi connectivity index (χ0n) is 8.82. The topological polar surface area (TPSA) is 20.3 Å². The van der Waals surface area contributed by atoms with Gasteiger partial charge in [-0.3, -0.25) is 4.79 Å². The molecule has 0 aromatic heterocycles. The molecule has 0 aliphatic carbocycles. The van der Waals surface area contributed by atoms with Gasteiger partial charge in [0.15, 0.2) is 0 Å². The summed E-state index contributed by atoms with van der Waals surface area (Å²) in [6.07, 6.45) is 1.82. The number of nitrogens with zero attached hydrogens (tertiary/aromatic N) is 1. The van der Waals surface area contributed by atoms with Crippen LogP contribution in [0.3, 0.4) is 0 Å². The minimum Gasteiger partial charge on any atom is -0.312 e. The molecule has 0 saturated carbocycles. The number of amides is 1. The Morgan fingerprint density at radius 1 is 1.29 bits per heavy atom. The Balaban J connectivity index is 2.87. The predicted molar refractivity (Wildman–Crippen MR) is 59.3 cm³/mol. The van der Waals surface area contributed by atoms with Gasteiger partial charge in [0.2, 0.25) is 0 Å². The lowest BCUT2D eigenvalue weighted by atomic mass is 10.2. The molecule has 0 aliphatic heterocycles. The summed E-state index contributed by atoms with van der Waals surface area (Å²) in [6.45, 7) is 3.69. The summed E-state index contributed by atoms with van der Waals surface area (Å²) in [5.74, 6) is 0.0405. The second-order valence-electron chi connectivity index (χ2n) is 3.17. The summed E-state index contributed by atoms with van der Waals surface area (Å²) < 4.78 is 0. The molecule has 0 bridgehead atoms. The number of likely N-dealkylation sites (N-methyl/N-ethyl adjacent to an activating group) is 1. The fourth-order valence-corrected chi connectivity index (χ4v) is 1.16. The van der Waals surface area contributed by atoms with Crippen LogP contribution >= 0.6 is 0 Å². The molecule has 0 spiro atoms. The van der Waals surface area contributed by atoms with E-state index in [9.17, 15) is 4.79 Å². The molecule has 1 aromatic rings. The van der Waals surface area contributed by atoms with Crippen LogP contribution in [-0.2, 0) is 4.79 Å². The molecule has 1 aromatic carbocycles. The van der Waals surface area contributed by atoms with Crippen molar-refractivity contribution < 1.29 is 4.79 Å². The number of para-hydroxylation sites is 1. The van der Waals surface area contributed by atoms with Gasteiger partial charge in [0.25, 0.3) is 5.91 Å². The van der Waals surface area contributed by atoms with E-state index in [2.05, 4.69) is 0 Å². The maximum absolute atomic E-state index is 11.7. The smallest absolute Gasteiger partial charge is 0.253 e. The molecular weight excluding hydrogens is 174 g/mol. The number of anilines is 1. The number of hydrogen-bond donors (Lipinski definition) is 0. The fourth-order valence-electron chi connectivity index (χ4n) is 1.16. The Kier molecular flexibility index (Phi) is 3.46. The van der Waals surface area contributed by atoms with Crippen LogP contribution in [0.15, 0.2) is 42.0 Å². The lowest BCUT2D eigenvalue weighted by Gasteiger charge is -2.17. The molecule has 0 saturated heterocycles. The highest BCUT2D eigenvalue weighted by Gasteiger charge is 2.10. The standard InChI is InChI=1S/C12H15NO/c1-4-10(2)12(14)13(3)11-8-6-5-7-9-11/h4-9H,1-3H3. The molecule has 0 heterocycles. The van der Waals surface area contributed by atoms with Gasteiger partial charge in [-0.15, -0.1) is 0 Å². The minimum absolute atomic E-state index is 0.0405. The molecular formula is C12H15NO. The first kappa shape index (κ1) is 10.5. The third kappa shape index (κ3) is 2.22. The van der Waals surface area contributed by atoms with E-state index in [0.717, 1.165) is 11.3 Å². The Morgan fingerprint density at radius 3 is 2.36 bits per heavy atom. The number of carbonyl (C=O) groups is 1. The van der Waals surface area contributed by atoms with Crippen LogP contribution in [-0.4, -0.2) is 13.0 Å². The van der Waals surface area contributed by atoms with E-state index in [-0.39, 0.29) is 5.91 Å². The van der Waals surface area contributed by atoms with Gasteiger partial charge >= 0.3 is 0 Å². The Hall–Kier alpha value is -1.57. The van der Waals surface area contributed by atoms with Crippen molar-refractivity contribution in [2.75, 3.05) is 11.9 Å². The molecule has 0 unspecified atom stereocenters. The first-order valence-corrected chi connectivity index (χ1v) is 4.63. The van der Waals surface area contributed by atoms with Crippen molar-refractivity contribution in [2.45, 2.75) is 13.8 Å². The first-order chi connectivity index (χ1) is 6.66. The van der Waals surface area contributed by atoms with E-state index in [1.807, 2.05) is 50.3 Å². The van der Waals surface area contributed by atoms with Gasteiger partial charge in [0.1, 0.15) is 0 Å². The maximum Gasteiger partial charge on any atom is 0.253 e. The largest absolute Gasteiger partial charge is 0.312 e. The molecule has 0 radical (unpaired) electrons. The van der Waals surface area contributed by atoms with E-state index in [4.69, 9.17) is 0 Å². The Labute approximate surface area is 84.9 Å². The van der Waals surface area contributed by atoms with Crippen LogP contribution < -0.4 is 4.90 Å². The van der Waals surface area contributed by atoms with Gasteiger partial charge < -0.3 is 4.90 Å². The summed E-state index contributed by atoms with van der Waals surface area (Å²) in [6, 6.07) is 9.61. The van der Waals surface area contributed by atoms with Gasteiger partial charge in [-0.1, -0.05) is 24.3 Å². The van der Waals surface area contributed by atoms with Crippen LogP contribution in [0, 0.1) is 0 Å². The third-order valence-electron chi connectivity index (χ3n) is 2.22. The number of hydrogen-bond acceptors (Lipinski definition) is 1. The molecule has 0 atom stereocenters. The van der Waals surface area contributed by atoms with Crippen LogP contribution in [0.2, 0.25) is 0 Å². The van der Waals surface area contributed by atoms with E-state index >= 15 is 0 Å². The SMILES string of the molecule is CC=C(C)C(=O)N(C)c1ccccc1. The minimum atomic E-state index is 0.0405. The molecule has 0 aliphatic rings.